The van der Waals surface area contributed by atoms with Crippen LogP contribution in [0.1, 0.15) is 42.6 Å². The molecule has 1 amide bonds. The maximum atomic E-state index is 13.2. The summed E-state index contributed by atoms with van der Waals surface area (Å²) >= 11 is 0. The van der Waals surface area contributed by atoms with Crippen LogP contribution in [-0.2, 0) is 4.74 Å². The second kappa shape index (κ2) is 9.48. The molecule has 0 aliphatic carbocycles. The number of likely N-dealkylation sites (tertiary alicyclic amines) is 1. The molecule has 5 rings (SSSR count). The van der Waals surface area contributed by atoms with E-state index in [-0.39, 0.29) is 17.3 Å². The summed E-state index contributed by atoms with van der Waals surface area (Å²) in [6.07, 6.45) is 6.37. The van der Waals surface area contributed by atoms with Crippen LogP contribution in [0.5, 0.6) is 5.75 Å². The lowest BCUT2D eigenvalue weighted by atomic mass is 9.78. The third-order valence-corrected chi connectivity index (χ3v) is 7.04. The van der Waals surface area contributed by atoms with Crippen LogP contribution in [0.2, 0.25) is 0 Å². The fourth-order valence-electron chi connectivity index (χ4n) is 5.16. The standard InChI is InChI=1S/C27H29FN2O3/c28-22-5-7-23(8-6-22)32-17-10-20-11-18-33-27(19-20)12-15-30(16-13-27)26(31)25-24-4-2-1-3-21(24)9-14-29-25/h1-9,14,20H,10-13,15-19H2. The van der Waals surface area contributed by atoms with E-state index < -0.39 is 0 Å². The average Bonchev–Trinajstić information content (AvgIpc) is 2.85. The second-order valence-electron chi connectivity index (χ2n) is 9.15. The number of pyridine rings is 1. The van der Waals surface area contributed by atoms with Gasteiger partial charge in [-0.1, -0.05) is 24.3 Å². The van der Waals surface area contributed by atoms with Gasteiger partial charge in [0.25, 0.3) is 5.91 Å². The molecule has 6 heteroatoms. The number of benzene rings is 2. The molecule has 172 valence electrons. The Bertz CT molecular complexity index is 1100. The monoisotopic (exact) mass is 448 g/mol. The van der Waals surface area contributed by atoms with Gasteiger partial charge < -0.3 is 14.4 Å². The van der Waals surface area contributed by atoms with Crippen LogP contribution in [0.4, 0.5) is 4.39 Å². The van der Waals surface area contributed by atoms with E-state index in [0.29, 0.717) is 37.1 Å². The number of fused-ring (bicyclic) bond motifs is 1. The fraction of sp³-hybridized carbons (Fsp3) is 0.407. The Morgan fingerprint density at radius 3 is 2.73 bits per heavy atom. The number of hydrogen-bond acceptors (Lipinski definition) is 4. The summed E-state index contributed by atoms with van der Waals surface area (Å²) in [6.45, 7) is 2.73. The SMILES string of the molecule is O=C(c1nccc2ccccc12)N1CCC2(CC1)CC(CCOc1ccc(F)cc1)CCO2. The summed E-state index contributed by atoms with van der Waals surface area (Å²) in [6, 6.07) is 16.0. The van der Waals surface area contributed by atoms with E-state index in [9.17, 15) is 9.18 Å². The topological polar surface area (TPSA) is 51.7 Å². The fourth-order valence-corrected chi connectivity index (χ4v) is 5.16. The first-order valence-corrected chi connectivity index (χ1v) is 11.8. The van der Waals surface area contributed by atoms with Gasteiger partial charge in [-0.2, -0.15) is 0 Å². The summed E-state index contributed by atoms with van der Waals surface area (Å²) in [5.74, 6) is 0.977. The summed E-state index contributed by atoms with van der Waals surface area (Å²) in [5.41, 5.74) is 0.381. The van der Waals surface area contributed by atoms with Crippen LogP contribution in [0, 0.1) is 11.7 Å². The summed E-state index contributed by atoms with van der Waals surface area (Å²) < 4.78 is 25.1. The highest BCUT2D eigenvalue weighted by Gasteiger charge is 2.41. The summed E-state index contributed by atoms with van der Waals surface area (Å²) in [7, 11) is 0. The summed E-state index contributed by atoms with van der Waals surface area (Å²) in [4.78, 5) is 19.6. The number of carbonyl (C=O) groups is 1. The van der Waals surface area contributed by atoms with Gasteiger partial charge in [-0.05, 0) is 73.7 Å². The summed E-state index contributed by atoms with van der Waals surface area (Å²) in [5, 5.41) is 1.94. The van der Waals surface area contributed by atoms with E-state index in [4.69, 9.17) is 9.47 Å². The van der Waals surface area contributed by atoms with Crippen LogP contribution in [0.15, 0.2) is 60.8 Å². The number of piperidine rings is 1. The maximum Gasteiger partial charge on any atom is 0.273 e. The van der Waals surface area contributed by atoms with E-state index in [0.717, 1.165) is 49.5 Å². The van der Waals surface area contributed by atoms with Gasteiger partial charge in [0.15, 0.2) is 0 Å². The molecule has 0 saturated carbocycles. The average molecular weight is 449 g/mol. The van der Waals surface area contributed by atoms with Gasteiger partial charge in [0, 0.05) is 31.3 Å². The molecule has 0 radical (unpaired) electrons. The molecule has 5 nitrogen and oxygen atoms in total. The minimum absolute atomic E-state index is 0.00158. The molecule has 1 spiro atoms. The molecule has 2 aromatic carbocycles. The highest BCUT2D eigenvalue weighted by Crippen LogP contribution is 2.39. The Balaban J connectivity index is 1.16. The molecule has 33 heavy (non-hydrogen) atoms. The molecular weight excluding hydrogens is 419 g/mol. The van der Waals surface area contributed by atoms with Gasteiger partial charge >= 0.3 is 0 Å². The van der Waals surface area contributed by atoms with Gasteiger partial charge in [-0.3, -0.25) is 9.78 Å². The van der Waals surface area contributed by atoms with Crippen molar-refractivity contribution in [2.24, 2.45) is 5.92 Å². The van der Waals surface area contributed by atoms with Crippen molar-refractivity contribution < 1.29 is 18.7 Å². The first-order valence-electron chi connectivity index (χ1n) is 11.8. The van der Waals surface area contributed by atoms with Crippen LogP contribution in [0.25, 0.3) is 10.8 Å². The number of rotatable bonds is 5. The molecular formula is C27H29FN2O3. The Kier molecular flexibility index (Phi) is 6.27. The number of nitrogens with zero attached hydrogens (tertiary/aromatic N) is 2. The normalized spacial score (nSPS) is 20.2. The smallest absolute Gasteiger partial charge is 0.273 e. The van der Waals surface area contributed by atoms with Crippen molar-refractivity contribution in [1.82, 2.24) is 9.88 Å². The van der Waals surface area contributed by atoms with Gasteiger partial charge in [0.2, 0.25) is 0 Å². The van der Waals surface area contributed by atoms with E-state index in [2.05, 4.69) is 4.98 Å². The highest BCUT2D eigenvalue weighted by atomic mass is 19.1. The van der Waals surface area contributed by atoms with Crippen molar-refractivity contribution in [3.8, 4) is 5.75 Å². The number of aromatic nitrogens is 1. The van der Waals surface area contributed by atoms with Crippen molar-refractivity contribution >= 4 is 16.7 Å². The molecule has 0 bridgehead atoms. The predicted molar refractivity (Wildman–Crippen MR) is 125 cm³/mol. The van der Waals surface area contributed by atoms with Crippen LogP contribution < -0.4 is 4.74 Å². The minimum Gasteiger partial charge on any atom is -0.494 e. The Morgan fingerprint density at radius 2 is 1.91 bits per heavy atom. The van der Waals surface area contributed by atoms with Crippen LogP contribution in [0.3, 0.4) is 0 Å². The van der Waals surface area contributed by atoms with E-state index in [1.54, 1.807) is 18.3 Å². The Hall–Kier alpha value is -2.99. The molecule has 1 atom stereocenters. The largest absolute Gasteiger partial charge is 0.494 e. The number of ether oxygens (including phenoxy) is 2. The zero-order valence-corrected chi connectivity index (χ0v) is 18.7. The number of halogens is 1. The zero-order valence-electron chi connectivity index (χ0n) is 18.7. The first-order chi connectivity index (χ1) is 16.1. The predicted octanol–water partition coefficient (Wildman–Crippen LogP) is 5.24. The van der Waals surface area contributed by atoms with E-state index in [1.165, 1.54) is 12.1 Å². The van der Waals surface area contributed by atoms with E-state index in [1.807, 2.05) is 35.2 Å². The van der Waals surface area contributed by atoms with E-state index >= 15 is 0 Å². The third-order valence-electron chi connectivity index (χ3n) is 7.04. The molecule has 0 N–H and O–H groups in total. The number of carbonyl (C=O) groups excluding carboxylic acids is 1. The second-order valence-corrected chi connectivity index (χ2v) is 9.15. The lowest BCUT2D eigenvalue weighted by Gasteiger charge is -2.46. The third kappa shape index (κ3) is 4.86. The van der Waals surface area contributed by atoms with Crippen molar-refractivity contribution in [2.45, 2.75) is 37.7 Å². The highest BCUT2D eigenvalue weighted by molar-refractivity contribution is 6.05. The molecule has 2 saturated heterocycles. The first kappa shape index (κ1) is 21.8. The van der Waals surface area contributed by atoms with Crippen molar-refractivity contribution in [2.75, 3.05) is 26.3 Å². The zero-order chi connectivity index (χ0) is 22.7. The lowest BCUT2D eigenvalue weighted by molar-refractivity contribution is -0.125. The quantitative estimate of drug-likeness (QED) is 0.535. The molecule has 2 aliphatic rings. The van der Waals surface area contributed by atoms with Gasteiger partial charge in [-0.25, -0.2) is 4.39 Å². The Labute approximate surface area is 193 Å². The number of amides is 1. The van der Waals surface area contributed by atoms with Crippen molar-refractivity contribution in [1.29, 1.82) is 0 Å². The molecule has 2 aliphatic heterocycles. The molecule has 1 aromatic heterocycles. The van der Waals surface area contributed by atoms with Crippen molar-refractivity contribution in [3.63, 3.8) is 0 Å². The Morgan fingerprint density at radius 1 is 1.12 bits per heavy atom. The molecule has 1 unspecified atom stereocenters. The lowest BCUT2D eigenvalue weighted by Crippen LogP contribution is -2.51. The molecule has 2 fully saturated rings. The van der Waals surface area contributed by atoms with Gasteiger partial charge in [-0.15, -0.1) is 0 Å². The van der Waals surface area contributed by atoms with Gasteiger partial charge in [0.1, 0.15) is 17.3 Å². The van der Waals surface area contributed by atoms with Gasteiger partial charge in [0.05, 0.1) is 12.2 Å². The molecule has 3 aromatic rings. The number of hydrogen-bond donors (Lipinski definition) is 0. The van der Waals surface area contributed by atoms with Crippen LogP contribution in [-0.4, -0.2) is 47.7 Å². The minimum atomic E-state index is -0.255. The van der Waals surface area contributed by atoms with Crippen molar-refractivity contribution in [3.05, 3.63) is 72.3 Å². The molecule has 3 heterocycles. The van der Waals surface area contributed by atoms with Crippen LogP contribution >= 0.6 is 0 Å². The maximum absolute atomic E-state index is 13.2.